The number of hydrogen-bond donors (Lipinski definition) is 2. The molecule has 0 amide bonds. The van der Waals surface area contributed by atoms with E-state index in [2.05, 4.69) is 11.9 Å². The summed E-state index contributed by atoms with van der Waals surface area (Å²) >= 11 is 0. The molecule has 1 atom stereocenters. The molecule has 1 rings (SSSR count). The van der Waals surface area contributed by atoms with Crippen LogP contribution in [0, 0.1) is 5.92 Å². The Bertz CT molecular complexity index is 155. The molecule has 0 aliphatic heterocycles. The monoisotopic (exact) mass is 169 g/mol. The van der Waals surface area contributed by atoms with Crippen LogP contribution in [-0.4, -0.2) is 12.0 Å². The van der Waals surface area contributed by atoms with Gasteiger partial charge >= 0.3 is 0 Å². The molecule has 0 aromatic heterocycles. The highest BCUT2D eigenvalue weighted by Crippen LogP contribution is 2.27. The van der Waals surface area contributed by atoms with Gasteiger partial charge in [-0.1, -0.05) is 19.3 Å². The topological polar surface area (TPSA) is 64.4 Å². The number of guanidine groups is 1. The average Bonchev–Trinajstić information content (AvgIpc) is 2.05. The zero-order chi connectivity index (χ0) is 8.97. The van der Waals surface area contributed by atoms with Gasteiger partial charge < -0.3 is 11.5 Å². The van der Waals surface area contributed by atoms with Gasteiger partial charge in [0.05, 0.1) is 6.04 Å². The zero-order valence-corrected chi connectivity index (χ0v) is 7.79. The van der Waals surface area contributed by atoms with Crippen LogP contribution in [0.5, 0.6) is 0 Å². The summed E-state index contributed by atoms with van der Waals surface area (Å²) in [6.45, 7) is 2.11. The van der Waals surface area contributed by atoms with E-state index in [1.54, 1.807) is 0 Å². The summed E-state index contributed by atoms with van der Waals surface area (Å²) in [6.07, 6.45) is 6.64. The molecule has 4 N–H and O–H groups in total. The van der Waals surface area contributed by atoms with Crippen molar-refractivity contribution in [3.63, 3.8) is 0 Å². The van der Waals surface area contributed by atoms with Crippen LogP contribution in [0.15, 0.2) is 4.99 Å². The van der Waals surface area contributed by atoms with E-state index in [1.807, 2.05) is 0 Å². The molecule has 0 saturated heterocycles. The summed E-state index contributed by atoms with van der Waals surface area (Å²) in [5, 5.41) is 0. The Morgan fingerprint density at radius 2 is 1.83 bits per heavy atom. The van der Waals surface area contributed by atoms with Crippen LogP contribution in [0.25, 0.3) is 0 Å². The Kier molecular flexibility index (Phi) is 3.38. The van der Waals surface area contributed by atoms with Crippen molar-refractivity contribution in [1.82, 2.24) is 0 Å². The smallest absolute Gasteiger partial charge is 0.186 e. The van der Waals surface area contributed by atoms with Crippen molar-refractivity contribution in [1.29, 1.82) is 0 Å². The van der Waals surface area contributed by atoms with Gasteiger partial charge in [-0.25, -0.2) is 0 Å². The Morgan fingerprint density at radius 3 is 2.33 bits per heavy atom. The summed E-state index contributed by atoms with van der Waals surface area (Å²) in [4.78, 5) is 4.17. The van der Waals surface area contributed by atoms with Crippen molar-refractivity contribution < 1.29 is 0 Å². The molecular weight excluding hydrogens is 150 g/mol. The van der Waals surface area contributed by atoms with Crippen LogP contribution in [0.1, 0.15) is 39.0 Å². The number of aliphatic imine (C=N–C) groups is 1. The van der Waals surface area contributed by atoms with Gasteiger partial charge in [0.15, 0.2) is 5.96 Å². The molecule has 1 unspecified atom stereocenters. The van der Waals surface area contributed by atoms with Crippen LogP contribution in [-0.2, 0) is 0 Å². The summed E-state index contributed by atoms with van der Waals surface area (Å²) in [6, 6.07) is 0.315. The number of nitrogens with zero attached hydrogens (tertiary/aromatic N) is 1. The summed E-state index contributed by atoms with van der Waals surface area (Å²) in [5.41, 5.74) is 10.7. The Morgan fingerprint density at radius 1 is 1.25 bits per heavy atom. The highest BCUT2D eigenvalue weighted by atomic mass is 15.0. The molecule has 3 nitrogen and oxygen atoms in total. The van der Waals surface area contributed by atoms with Crippen LogP contribution >= 0.6 is 0 Å². The quantitative estimate of drug-likeness (QED) is 0.482. The third kappa shape index (κ3) is 2.72. The molecule has 0 aromatic rings. The lowest BCUT2D eigenvalue weighted by Crippen LogP contribution is -2.28. The van der Waals surface area contributed by atoms with Crippen LogP contribution in [0.3, 0.4) is 0 Å². The van der Waals surface area contributed by atoms with E-state index < -0.39 is 0 Å². The predicted molar refractivity (Wildman–Crippen MR) is 51.8 cm³/mol. The van der Waals surface area contributed by atoms with E-state index in [4.69, 9.17) is 11.5 Å². The van der Waals surface area contributed by atoms with Gasteiger partial charge in [-0.3, -0.25) is 4.99 Å². The number of rotatable bonds is 2. The molecule has 1 saturated carbocycles. The van der Waals surface area contributed by atoms with Crippen molar-refractivity contribution in [2.45, 2.75) is 45.1 Å². The van der Waals surface area contributed by atoms with Crippen molar-refractivity contribution in [3.05, 3.63) is 0 Å². The first-order valence-electron chi connectivity index (χ1n) is 4.79. The summed E-state index contributed by atoms with van der Waals surface area (Å²) in [7, 11) is 0. The summed E-state index contributed by atoms with van der Waals surface area (Å²) in [5.74, 6) is 0.939. The van der Waals surface area contributed by atoms with Crippen molar-refractivity contribution in [3.8, 4) is 0 Å². The first kappa shape index (κ1) is 9.36. The van der Waals surface area contributed by atoms with Crippen LogP contribution in [0.4, 0.5) is 0 Å². The molecule has 1 aliphatic carbocycles. The molecule has 3 heteroatoms. The lowest BCUT2D eigenvalue weighted by atomic mass is 9.85. The van der Waals surface area contributed by atoms with Gasteiger partial charge in [0, 0.05) is 0 Å². The van der Waals surface area contributed by atoms with Gasteiger partial charge in [0.25, 0.3) is 0 Å². The average molecular weight is 169 g/mol. The van der Waals surface area contributed by atoms with Crippen molar-refractivity contribution in [2.24, 2.45) is 22.4 Å². The van der Waals surface area contributed by atoms with Gasteiger partial charge in [0.1, 0.15) is 0 Å². The maximum absolute atomic E-state index is 5.33. The molecule has 0 radical (unpaired) electrons. The zero-order valence-electron chi connectivity index (χ0n) is 7.79. The fraction of sp³-hybridized carbons (Fsp3) is 0.889. The van der Waals surface area contributed by atoms with Crippen molar-refractivity contribution >= 4 is 5.96 Å². The fourth-order valence-corrected chi connectivity index (χ4v) is 1.96. The highest BCUT2D eigenvalue weighted by molar-refractivity contribution is 5.75. The van der Waals surface area contributed by atoms with E-state index >= 15 is 0 Å². The van der Waals surface area contributed by atoms with Gasteiger partial charge in [-0.05, 0) is 25.7 Å². The highest BCUT2D eigenvalue weighted by Gasteiger charge is 2.19. The van der Waals surface area contributed by atoms with E-state index in [1.165, 1.54) is 32.1 Å². The predicted octanol–water partition coefficient (Wildman–Crippen LogP) is 1.23. The molecule has 12 heavy (non-hydrogen) atoms. The maximum atomic E-state index is 5.33. The Balaban J connectivity index is 2.39. The van der Waals surface area contributed by atoms with E-state index in [-0.39, 0.29) is 5.96 Å². The molecule has 0 aromatic carbocycles. The third-order valence-electron chi connectivity index (χ3n) is 2.68. The molecular formula is C9H19N3. The van der Waals surface area contributed by atoms with E-state index in [0.29, 0.717) is 12.0 Å². The number of nitrogens with two attached hydrogens (primary N) is 2. The second kappa shape index (κ2) is 4.33. The lowest BCUT2D eigenvalue weighted by molar-refractivity contribution is 0.317. The SMILES string of the molecule is CC(N=C(N)N)C1CCCCC1. The van der Waals surface area contributed by atoms with Gasteiger partial charge in [-0.2, -0.15) is 0 Å². The standard InChI is InChI=1S/C9H19N3/c1-7(12-9(10)11)8-5-3-2-4-6-8/h7-8H,2-6H2,1H3,(H4,10,11,12). The second-order valence-electron chi connectivity index (χ2n) is 3.69. The maximum Gasteiger partial charge on any atom is 0.186 e. The number of hydrogen-bond acceptors (Lipinski definition) is 1. The molecule has 0 bridgehead atoms. The minimum atomic E-state index is 0.230. The first-order chi connectivity index (χ1) is 5.70. The lowest BCUT2D eigenvalue weighted by Gasteiger charge is -2.24. The van der Waals surface area contributed by atoms with Crippen molar-refractivity contribution in [2.75, 3.05) is 0 Å². The molecule has 1 aliphatic rings. The first-order valence-corrected chi connectivity index (χ1v) is 4.79. The minimum absolute atomic E-state index is 0.230. The normalized spacial score (nSPS) is 21.8. The van der Waals surface area contributed by atoms with Gasteiger partial charge in [-0.15, -0.1) is 0 Å². The molecule has 0 heterocycles. The Labute approximate surface area is 74.2 Å². The molecule has 0 spiro atoms. The van der Waals surface area contributed by atoms with E-state index in [9.17, 15) is 0 Å². The minimum Gasteiger partial charge on any atom is -0.370 e. The van der Waals surface area contributed by atoms with Crippen LogP contribution in [0.2, 0.25) is 0 Å². The van der Waals surface area contributed by atoms with E-state index in [0.717, 1.165) is 0 Å². The van der Waals surface area contributed by atoms with Crippen LogP contribution < -0.4 is 11.5 Å². The fourth-order valence-electron chi connectivity index (χ4n) is 1.96. The third-order valence-corrected chi connectivity index (χ3v) is 2.68. The molecule has 1 fully saturated rings. The van der Waals surface area contributed by atoms with Gasteiger partial charge in [0.2, 0.25) is 0 Å². The Hall–Kier alpha value is -0.730. The largest absolute Gasteiger partial charge is 0.370 e. The second-order valence-corrected chi connectivity index (χ2v) is 3.69. The summed E-state index contributed by atoms with van der Waals surface area (Å²) < 4.78 is 0. The molecule has 70 valence electrons.